The minimum absolute atomic E-state index is 0.141. The minimum atomic E-state index is -3.27. The van der Waals surface area contributed by atoms with Gasteiger partial charge in [0.05, 0.1) is 17.7 Å². The highest BCUT2D eigenvalue weighted by Crippen LogP contribution is 2.27. The highest BCUT2D eigenvalue weighted by molar-refractivity contribution is 7.93. The standard InChI is InChI=1S/C16H23N3O5S2/c1-25(21,22)18-9-6-13(7-10-18)16(20)17-14-4-2-5-15(12-14)19-8-3-11-26(19,23)24/h2,4-5,12-13H,3,6-11H2,1H3,(H,17,20). The van der Waals surface area contributed by atoms with Gasteiger partial charge >= 0.3 is 0 Å². The molecular weight excluding hydrogens is 378 g/mol. The number of benzene rings is 1. The molecule has 1 N–H and O–H groups in total. The summed E-state index contributed by atoms with van der Waals surface area (Å²) < 4.78 is 49.9. The first-order valence-corrected chi connectivity index (χ1v) is 12.0. The number of amides is 1. The van der Waals surface area contributed by atoms with Crippen molar-refractivity contribution in [2.45, 2.75) is 19.3 Å². The molecule has 0 radical (unpaired) electrons. The topological polar surface area (TPSA) is 104 Å². The van der Waals surface area contributed by atoms with Gasteiger partial charge in [0.15, 0.2) is 0 Å². The number of carbonyl (C=O) groups excluding carboxylic acids is 1. The quantitative estimate of drug-likeness (QED) is 0.805. The molecule has 1 amide bonds. The van der Waals surface area contributed by atoms with Crippen LogP contribution in [0, 0.1) is 5.92 Å². The fraction of sp³-hybridized carbons (Fsp3) is 0.562. The zero-order valence-electron chi connectivity index (χ0n) is 14.6. The first-order chi connectivity index (χ1) is 12.2. The summed E-state index contributed by atoms with van der Waals surface area (Å²) in [7, 11) is -6.49. The zero-order valence-corrected chi connectivity index (χ0v) is 16.2. The Morgan fingerprint density at radius 3 is 2.46 bits per heavy atom. The lowest BCUT2D eigenvalue weighted by Gasteiger charge is -2.29. The molecule has 10 heteroatoms. The van der Waals surface area contributed by atoms with Crippen LogP contribution >= 0.6 is 0 Å². The number of rotatable bonds is 4. The van der Waals surface area contributed by atoms with Crippen LogP contribution in [-0.4, -0.2) is 58.7 Å². The molecule has 0 aromatic heterocycles. The minimum Gasteiger partial charge on any atom is -0.326 e. The first-order valence-electron chi connectivity index (χ1n) is 8.53. The van der Waals surface area contributed by atoms with Crippen molar-refractivity contribution in [1.82, 2.24) is 4.31 Å². The van der Waals surface area contributed by atoms with Crippen LogP contribution in [0.4, 0.5) is 11.4 Å². The molecule has 2 saturated heterocycles. The third kappa shape index (κ3) is 4.18. The van der Waals surface area contributed by atoms with E-state index in [2.05, 4.69) is 5.32 Å². The lowest BCUT2D eigenvalue weighted by molar-refractivity contribution is -0.120. The first kappa shape index (κ1) is 19.1. The number of piperidine rings is 1. The Morgan fingerprint density at radius 2 is 1.88 bits per heavy atom. The Balaban J connectivity index is 1.65. The predicted molar refractivity (Wildman–Crippen MR) is 100.0 cm³/mol. The van der Waals surface area contributed by atoms with Crippen molar-refractivity contribution < 1.29 is 21.6 Å². The molecule has 1 aromatic carbocycles. The summed E-state index contributed by atoms with van der Waals surface area (Å²) in [5, 5.41) is 2.83. The summed E-state index contributed by atoms with van der Waals surface area (Å²) in [6, 6.07) is 6.80. The summed E-state index contributed by atoms with van der Waals surface area (Å²) in [5.41, 5.74) is 1.09. The number of anilines is 2. The van der Waals surface area contributed by atoms with E-state index < -0.39 is 20.0 Å². The SMILES string of the molecule is CS(=O)(=O)N1CCC(C(=O)Nc2cccc(N3CCCS3(=O)=O)c2)CC1. The van der Waals surface area contributed by atoms with Crippen molar-refractivity contribution in [3.63, 3.8) is 0 Å². The molecule has 8 nitrogen and oxygen atoms in total. The van der Waals surface area contributed by atoms with E-state index in [1.807, 2.05) is 0 Å². The fourth-order valence-corrected chi connectivity index (χ4v) is 5.79. The van der Waals surface area contributed by atoms with E-state index >= 15 is 0 Å². The van der Waals surface area contributed by atoms with E-state index in [4.69, 9.17) is 0 Å². The van der Waals surface area contributed by atoms with Gasteiger partial charge in [0, 0.05) is 31.2 Å². The van der Waals surface area contributed by atoms with Crippen molar-refractivity contribution in [1.29, 1.82) is 0 Å². The van der Waals surface area contributed by atoms with Gasteiger partial charge in [0.25, 0.3) is 0 Å². The zero-order chi connectivity index (χ0) is 18.9. The third-order valence-corrected chi connectivity index (χ3v) is 7.97. The van der Waals surface area contributed by atoms with Crippen molar-refractivity contribution in [3.8, 4) is 0 Å². The highest BCUT2D eigenvalue weighted by Gasteiger charge is 2.30. The van der Waals surface area contributed by atoms with Crippen molar-refractivity contribution in [2.75, 3.05) is 41.3 Å². The molecular formula is C16H23N3O5S2. The van der Waals surface area contributed by atoms with Crippen molar-refractivity contribution in [2.24, 2.45) is 5.92 Å². The normalized spacial score (nSPS) is 21.7. The summed E-state index contributed by atoms with van der Waals surface area (Å²) >= 11 is 0. The molecule has 0 spiro atoms. The predicted octanol–water partition coefficient (Wildman–Crippen LogP) is 0.837. The maximum Gasteiger partial charge on any atom is 0.235 e. The van der Waals surface area contributed by atoms with Gasteiger partial charge in [-0.15, -0.1) is 0 Å². The molecule has 0 saturated carbocycles. The molecule has 0 unspecified atom stereocenters. The maximum absolute atomic E-state index is 12.5. The van der Waals surface area contributed by atoms with Crippen molar-refractivity contribution in [3.05, 3.63) is 24.3 Å². The Morgan fingerprint density at radius 1 is 1.19 bits per heavy atom. The van der Waals surface area contributed by atoms with Gasteiger partial charge < -0.3 is 5.32 Å². The Bertz CT molecular complexity index is 890. The number of carbonyl (C=O) groups is 1. The van der Waals surface area contributed by atoms with Gasteiger partial charge in [-0.05, 0) is 37.5 Å². The average molecular weight is 402 g/mol. The Kier molecular flexibility index (Phi) is 5.27. The van der Waals surface area contributed by atoms with Gasteiger partial charge in [-0.25, -0.2) is 21.1 Å². The van der Waals surface area contributed by atoms with Crippen LogP contribution in [0.15, 0.2) is 24.3 Å². The number of hydrogen-bond acceptors (Lipinski definition) is 5. The molecule has 26 heavy (non-hydrogen) atoms. The molecule has 2 heterocycles. The third-order valence-electron chi connectivity index (χ3n) is 4.79. The monoisotopic (exact) mass is 401 g/mol. The second-order valence-electron chi connectivity index (χ2n) is 6.72. The molecule has 0 aliphatic carbocycles. The molecule has 3 rings (SSSR count). The van der Waals surface area contributed by atoms with Crippen LogP contribution in [0.25, 0.3) is 0 Å². The molecule has 2 aliphatic heterocycles. The molecule has 1 aromatic rings. The van der Waals surface area contributed by atoms with Gasteiger partial charge in [0.1, 0.15) is 0 Å². The number of nitrogens with zero attached hydrogens (tertiary/aromatic N) is 2. The maximum atomic E-state index is 12.5. The summed E-state index contributed by atoms with van der Waals surface area (Å²) in [6.07, 6.45) is 2.71. The van der Waals surface area contributed by atoms with E-state index in [0.717, 1.165) is 0 Å². The molecule has 2 aliphatic rings. The number of nitrogens with one attached hydrogen (secondary N) is 1. The smallest absolute Gasteiger partial charge is 0.235 e. The van der Waals surface area contributed by atoms with Crippen LogP contribution < -0.4 is 9.62 Å². The molecule has 0 bridgehead atoms. The van der Waals surface area contributed by atoms with Crippen molar-refractivity contribution >= 4 is 37.3 Å². The van der Waals surface area contributed by atoms with E-state index in [-0.39, 0.29) is 17.6 Å². The van der Waals surface area contributed by atoms with E-state index in [1.165, 1.54) is 14.9 Å². The second kappa shape index (κ2) is 7.16. The Hall–Kier alpha value is -1.65. The van der Waals surface area contributed by atoms with Crippen LogP contribution in [0.1, 0.15) is 19.3 Å². The molecule has 144 valence electrons. The number of hydrogen-bond donors (Lipinski definition) is 1. The fourth-order valence-electron chi connectivity index (χ4n) is 3.36. The van der Waals surface area contributed by atoms with E-state index in [0.29, 0.717) is 50.3 Å². The lowest BCUT2D eigenvalue weighted by Crippen LogP contribution is -2.40. The lowest BCUT2D eigenvalue weighted by atomic mass is 9.97. The molecule has 0 atom stereocenters. The van der Waals surface area contributed by atoms with Crippen LogP contribution in [-0.2, 0) is 24.8 Å². The second-order valence-corrected chi connectivity index (χ2v) is 10.7. The van der Waals surface area contributed by atoms with Crippen LogP contribution in [0.2, 0.25) is 0 Å². The largest absolute Gasteiger partial charge is 0.326 e. The van der Waals surface area contributed by atoms with Gasteiger partial charge in [-0.1, -0.05) is 6.07 Å². The van der Waals surface area contributed by atoms with Gasteiger partial charge in [0.2, 0.25) is 26.0 Å². The summed E-state index contributed by atoms with van der Waals surface area (Å²) in [5.74, 6) is -0.283. The average Bonchev–Trinajstić information content (AvgIpc) is 2.93. The summed E-state index contributed by atoms with van der Waals surface area (Å²) in [4.78, 5) is 12.5. The van der Waals surface area contributed by atoms with Gasteiger partial charge in [-0.3, -0.25) is 9.10 Å². The van der Waals surface area contributed by atoms with Crippen LogP contribution in [0.3, 0.4) is 0 Å². The van der Waals surface area contributed by atoms with Gasteiger partial charge in [-0.2, -0.15) is 0 Å². The van der Waals surface area contributed by atoms with Crippen LogP contribution in [0.5, 0.6) is 0 Å². The summed E-state index contributed by atoms with van der Waals surface area (Å²) in [6.45, 7) is 1.12. The van der Waals surface area contributed by atoms with E-state index in [1.54, 1.807) is 24.3 Å². The van der Waals surface area contributed by atoms with E-state index in [9.17, 15) is 21.6 Å². The highest BCUT2D eigenvalue weighted by atomic mass is 32.2. The number of sulfonamides is 2. The molecule has 2 fully saturated rings. The Labute approximate surface area is 154 Å².